The van der Waals surface area contributed by atoms with Crippen LogP contribution in [0.3, 0.4) is 0 Å². The normalized spacial score (nSPS) is 19.9. The minimum absolute atomic E-state index is 0.00542. The second kappa shape index (κ2) is 9.49. The molecule has 0 spiro atoms. The van der Waals surface area contributed by atoms with Crippen LogP contribution in [-0.2, 0) is 9.47 Å². The molecule has 1 saturated heterocycles. The van der Waals surface area contributed by atoms with Crippen LogP contribution in [0.1, 0.15) is 28.4 Å². The number of carbonyl (C=O) groups excluding carboxylic acids is 1. The van der Waals surface area contributed by atoms with Gasteiger partial charge in [-0.1, -0.05) is 17.7 Å². The summed E-state index contributed by atoms with van der Waals surface area (Å²) < 4.78 is 16.9. The zero-order chi connectivity index (χ0) is 23.7. The summed E-state index contributed by atoms with van der Waals surface area (Å²) in [6.07, 6.45) is 2.22. The number of carbonyl (C=O) groups is 1. The molecule has 2 atom stereocenters. The van der Waals surface area contributed by atoms with Gasteiger partial charge in [0, 0.05) is 24.4 Å². The van der Waals surface area contributed by atoms with Crippen LogP contribution in [0.5, 0.6) is 5.75 Å². The second-order valence-corrected chi connectivity index (χ2v) is 8.53. The smallest absolute Gasteiger partial charge is 0.255 e. The van der Waals surface area contributed by atoms with E-state index in [0.717, 1.165) is 5.69 Å². The molecule has 11 heteroatoms. The molecule has 2 aromatic heterocycles. The van der Waals surface area contributed by atoms with Crippen molar-refractivity contribution >= 4 is 34.8 Å². The number of amides is 1. The second-order valence-electron chi connectivity index (χ2n) is 8.12. The molecule has 178 valence electrons. The molecular weight excluding hydrogens is 460 g/mol. The van der Waals surface area contributed by atoms with Gasteiger partial charge < -0.3 is 35.6 Å². The van der Waals surface area contributed by atoms with Gasteiger partial charge in [0.25, 0.3) is 5.91 Å². The summed E-state index contributed by atoms with van der Waals surface area (Å²) in [5.74, 6) is 0.395. The number of para-hydroxylation sites is 1. The van der Waals surface area contributed by atoms with E-state index in [4.69, 9.17) is 31.5 Å². The summed E-state index contributed by atoms with van der Waals surface area (Å²) >= 11 is 6.34. The lowest BCUT2D eigenvalue weighted by atomic mass is 9.91. The average molecular weight is 485 g/mol. The van der Waals surface area contributed by atoms with Crippen LogP contribution in [0.2, 0.25) is 5.02 Å². The fraction of sp³-hybridized carbons (Fsp3) is 0.348. The molecular formula is C23H25ClN6O4. The summed E-state index contributed by atoms with van der Waals surface area (Å²) in [5.41, 5.74) is 9.49. The van der Waals surface area contributed by atoms with E-state index in [1.165, 1.54) is 0 Å². The van der Waals surface area contributed by atoms with E-state index in [9.17, 15) is 4.79 Å². The Morgan fingerprint density at radius 2 is 2.21 bits per heavy atom. The van der Waals surface area contributed by atoms with Gasteiger partial charge >= 0.3 is 0 Å². The van der Waals surface area contributed by atoms with Crippen molar-refractivity contribution in [3.05, 3.63) is 46.7 Å². The highest BCUT2D eigenvalue weighted by Crippen LogP contribution is 2.43. The lowest BCUT2D eigenvalue weighted by Gasteiger charge is -2.29. The number of halogens is 1. The summed E-state index contributed by atoms with van der Waals surface area (Å²) in [6, 6.07) is 7.10. The SMILES string of the molecule is COc1c(Cl)cccc1Nc1c(-c2ccnc(N)n2)[nH]c2c1C(=O)NCC2C[C@@H]1COCCO1. The van der Waals surface area contributed by atoms with E-state index in [2.05, 4.69) is 25.6 Å². The fourth-order valence-electron chi connectivity index (χ4n) is 4.44. The number of hydrogen-bond donors (Lipinski definition) is 4. The van der Waals surface area contributed by atoms with Crippen LogP contribution >= 0.6 is 11.6 Å². The van der Waals surface area contributed by atoms with Gasteiger partial charge in [-0.3, -0.25) is 4.79 Å². The van der Waals surface area contributed by atoms with Gasteiger partial charge in [-0.05, 0) is 24.6 Å². The van der Waals surface area contributed by atoms with Gasteiger partial charge in [0.1, 0.15) is 0 Å². The van der Waals surface area contributed by atoms with E-state index in [0.29, 0.717) is 71.9 Å². The van der Waals surface area contributed by atoms with Crippen LogP contribution in [0, 0.1) is 0 Å². The Morgan fingerprint density at radius 1 is 1.32 bits per heavy atom. The molecule has 0 bridgehead atoms. The van der Waals surface area contributed by atoms with E-state index in [-0.39, 0.29) is 23.9 Å². The Morgan fingerprint density at radius 3 is 2.97 bits per heavy atom. The van der Waals surface area contributed by atoms with Gasteiger partial charge in [0.05, 0.1) is 66.4 Å². The van der Waals surface area contributed by atoms with Gasteiger partial charge in [-0.25, -0.2) is 9.97 Å². The largest absolute Gasteiger partial charge is 0.493 e. The summed E-state index contributed by atoms with van der Waals surface area (Å²) in [5, 5.41) is 6.81. The highest BCUT2D eigenvalue weighted by atomic mass is 35.5. The summed E-state index contributed by atoms with van der Waals surface area (Å²) in [6.45, 7) is 2.17. The molecule has 34 heavy (non-hydrogen) atoms. The van der Waals surface area contributed by atoms with Crippen molar-refractivity contribution in [1.29, 1.82) is 0 Å². The molecule has 0 saturated carbocycles. The summed E-state index contributed by atoms with van der Waals surface area (Å²) in [4.78, 5) is 24.9. The third-order valence-electron chi connectivity index (χ3n) is 5.97. The number of hydrogen-bond acceptors (Lipinski definition) is 8. The predicted octanol–water partition coefficient (Wildman–Crippen LogP) is 3.09. The highest BCUT2D eigenvalue weighted by Gasteiger charge is 2.35. The summed E-state index contributed by atoms with van der Waals surface area (Å²) in [7, 11) is 1.54. The van der Waals surface area contributed by atoms with Crippen LogP contribution in [0.25, 0.3) is 11.4 Å². The third kappa shape index (κ3) is 4.27. The maximum absolute atomic E-state index is 13.1. The molecule has 10 nitrogen and oxygen atoms in total. The van der Waals surface area contributed by atoms with Crippen LogP contribution in [0.15, 0.2) is 30.5 Å². The molecule has 1 amide bonds. The Kier molecular flexibility index (Phi) is 6.27. The molecule has 2 aliphatic rings. The maximum Gasteiger partial charge on any atom is 0.255 e. The van der Waals surface area contributed by atoms with E-state index < -0.39 is 0 Å². The molecule has 5 rings (SSSR count). The van der Waals surface area contributed by atoms with Crippen molar-refractivity contribution in [2.24, 2.45) is 0 Å². The third-order valence-corrected chi connectivity index (χ3v) is 6.26. The van der Waals surface area contributed by atoms with Crippen LogP contribution in [0.4, 0.5) is 17.3 Å². The number of nitrogens with zero attached hydrogens (tertiary/aromatic N) is 2. The average Bonchev–Trinajstić information content (AvgIpc) is 3.22. The van der Waals surface area contributed by atoms with Crippen molar-refractivity contribution < 1.29 is 19.0 Å². The van der Waals surface area contributed by atoms with E-state index >= 15 is 0 Å². The number of benzene rings is 1. The minimum Gasteiger partial charge on any atom is -0.493 e. The number of anilines is 3. The number of nitrogen functional groups attached to an aromatic ring is 1. The van der Waals surface area contributed by atoms with Crippen molar-refractivity contribution in [2.45, 2.75) is 18.4 Å². The number of aromatic amines is 1. The molecule has 4 heterocycles. The Balaban J connectivity index is 1.62. The lowest BCUT2D eigenvalue weighted by molar-refractivity contribution is -0.0928. The number of H-pyrrole nitrogens is 1. The topological polar surface area (TPSA) is 136 Å². The number of nitrogens with one attached hydrogen (secondary N) is 3. The molecule has 3 aromatic rings. The Hall–Kier alpha value is -3.34. The van der Waals surface area contributed by atoms with Gasteiger partial charge in [0.15, 0.2) is 5.75 Å². The Bertz CT molecular complexity index is 1210. The number of rotatable bonds is 6. The van der Waals surface area contributed by atoms with Crippen LogP contribution < -0.4 is 21.1 Å². The first-order chi connectivity index (χ1) is 16.5. The first kappa shape index (κ1) is 22.5. The quantitative estimate of drug-likeness (QED) is 0.419. The van der Waals surface area contributed by atoms with Gasteiger partial charge in [-0.2, -0.15) is 0 Å². The highest BCUT2D eigenvalue weighted by molar-refractivity contribution is 6.32. The molecule has 0 aliphatic carbocycles. The van der Waals surface area contributed by atoms with E-state index in [1.54, 1.807) is 31.5 Å². The Labute approximate surface area is 201 Å². The number of fused-ring (bicyclic) bond motifs is 1. The zero-order valence-electron chi connectivity index (χ0n) is 18.6. The van der Waals surface area contributed by atoms with Crippen molar-refractivity contribution in [3.8, 4) is 17.1 Å². The number of aromatic nitrogens is 3. The van der Waals surface area contributed by atoms with Crippen molar-refractivity contribution in [1.82, 2.24) is 20.3 Å². The molecule has 2 aliphatic heterocycles. The number of methoxy groups -OCH3 is 1. The van der Waals surface area contributed by atoms with Gasteiger partial charge in [-0.15, -0.1) is 0 Å². The predicted molar refractivity (Wildman–Crippen MR) is 128 cm³/mol. The van der Waals surface area contributed by atoms with Crippen molar-refractivity contribution in [2.75, 3.05) is 44.5 Å². The lowest BCUT2D eigenvalue weighted by Crippen LogP contribution is -2.38. The first-order valence-electron chi connectivity index (χ1n) is 11.0. The number of ether oxygens (including phenoxy) is 3. The minimum atomic E-state index is -0.194. The molecule has 1 unspecified atom stereocenters. The van der Waals surface area contributed by atoms with E-state index in [1.807, 2.05) is 6.07 Å². The monoisotopic (exact) mass is 484 g/mol. The molecule has 5 N–H and O–H groups in total. The fourth-order valence-corrected chi connectivity index (χ4v) is 4.69. The number of nitrogens with two attached hydrogens (primary N) is 1. The maximum atomic E-state index is 13.1. The zero-order valence-corrected chi connectivity index (χ0v) is 19.3. The molecule has 1 aromatic carbocycles. The first-order valence-corrected chi connectivity index (χ1v) is 11.3. The van der Waals surface area contributed by atoms with Crippen molar-refractivity contribution in [3.63, 3.8) is 0 Å². The van der Waals surface area contributed by atoms with Crippen LogP contribution in [-0.4, -0.2) is 60.4 Å². The van der Waals surface area contributed by atoms with Gasteiger partial charge in [0.2, 0.25) is 5.95 Å². The molecule has 1 fully saturated rings. The standard InChI is InChI=1S/C23H25ClN6O4/c1-32-21-14(24)3-2-4-16(21)28-20-17-18(30-19(20)15-5-6-26-23(25)29-15)12(10-27-22(17)31)9-13-11-33-7-8-34-13/h2-6,12-13,28,30H,7-11H2,1H3,(H,27,31)(H2,25,26,29)/t12?,13-/m1/s1. The molecule has 0 radical (unpaired) electrons.